The van der Waals surface area contributed by atoms with E-state index in [1.54, 1.807) is 25.1 Å². The van der Waals surface area contributed by atoms with E-state index in [1.165, 1.54) is 0 Å². The van der Waals surface area contributed by atoms with Crippen molar-refractivity contribution >= 4 is 23.5 Å². The van der Waals surface area contributed by atoms with Crippen molar-refractivity contribution in [2.45, 2.75) is 18.9 Å². The first kappa shape index (κ1) is 13.8. The predicted molar refractivity (Wildman–Crippen MR) is 69.5 cm³/mol. The van der Waals surface area contributed by atoms with Crippen LogP contribution in [0.5, 0.6) is 0 Å². The molecule has 0 aromatic heterocycles. The van der Waals surface area contributed by atoms with Crippen molar-refractivity contribution in [3.05, 3.63) is 34.3 Å². The second kappa shape index (κ2) is 5.19. The molecule has 2 rings (SSSR count). The molecule has 0 saturated carbocycles. The molecule has 1 aromatic rings. The second-order valence-electron chi connectivity index (χ2n) is 4.56. The molecule has 1 aliphatic rings. The molecule has 0 aliphatic carbocycles. The number of carboxylic acids is 1. The summed E-state index contributed by atoms with van der Waals surface area (Å²) in [6, 6.07) is 4.95. The molecule has 1 aromatic carbocycles. The molecule has 1 atom stereocenters. The van der Waals surface area contributed by atoms with Crippen LogP contribution in [0.1, 0.15) is 22.3 Å². The van der Waals surface area contributed by atoms with E-state index in [0.29, 0.717) is 22.8 Å². The number of ether oxygens (including phenoxy) is 1. The molecule has 1 aliphatic heterocycles. The Hall–Kier alpha value is -1.59. The van der Waals surface area contributed by atoms with Gasteiger partial charge >= 0.3 is 5.97 Å². The smallest absolute Gasteiger partial charge is 0.331 e. The van der Waals surface area contributed by atoms with Crippen molar-refractivity contribution in [3.63, 3.8) is 0 Å². The van der Waals surface area contributed by atoms with Gasteiger partial charge in [0.1, 0.15) is 0 Å². The van der Waals surface area contributed by atoms with E-state index >= 15 is 0 Å². The predicted octanol–water partition coefficient (Wildman–Crippen LogP) is 1.62. The highest BCUT2D eigenvalue weighted by Crippen LogP contribution is 2.22. The third kappa shape index (κ3) is 2.57. The van der Waals surface area contributed by atoms with Crippen molar-refractivity contribution in [3.8, 4) is 0 Å². The Labute approximate surface area is 115 Å². The fourth-order valence-corrected chi connectivity index (χ4v) is 2.20. The van der Waals surface area contributed by atoms with E-state index in [4.69, 9.17) is 16.3 Å². The molecular formula is C13H14ClNO4. The van der Waals surface area contributed by atoms with Gasteiger partial charge in [0, 0.05) is 23.6 Å². The highest BCUT2D eigenvalue weighted by Gasteiger charge is 2.44. The van der Waals surface area contributed by atoms with E-state index < -0.39 is 17.4 Å². The molecule has 1 saturated heterocycles. The number of carbonyl (C=O) groups excluding carboxylic acids is 1. The van der Waals surface area contributed by atoms with Gasteiger partial charge in [-0.2, -0.15) is 0 Å². The summed E-state index contributed by atoms with van der Waals surface area (Å²) < 4.78 is 5.09. The van der Waals surface area contributed by atoms with Crippen LogP contribution >= 0.6 is 11.6 Å². The minimum absolute atomic E-state index is 0.0202. The van der Waals surface area contributed by atoms with Crippen LogP contribution in [0.4, 0.5) is 0 Å². The first-order valence-corrected chi connectivity index (χ1v) is 6.23. The summed E-state index contributed by atoms with van der Waals surface area (Å²) in [4.78, 5) is 23.5. The second-order valence-corrected chi connectivity index (χ2v) is 4.96. The van der Waals surface area contributed by atoms with Crippen molar-refractivity contribution < 1.29 is 19.4 Å². The van der Waals surface area contributed by atoms with Crippen LogP contribution in [0.25, 0.3) is 0 Å². The molecule has 1 amide bonds. The Bertz CT molecular complexity index is 523. The van der Waals surface area contributed by atoms with Gasteiger partial charge in [0.25, 0.3) is 5.91 Å². The van der Waals surface area contributed by atoms with Crippen LogP contribution in [0.2, 0.25) is 5.02 Å². The number of carbonyl (C=O) groups is 2. The summed E-state index contributed by atoms with van der Waals surface area (Å²) in [5.41, 5.74) is -0.340. The first-order chi connectivity index (χ1) is 8.96. The lowest BCUT2D eigenvalue weighted by atomic mass is 9.97. The number of amides is 1. The Morgan fingerprint density at radius 1 is 1.47 bits per heavy atom. The minimum atomic E-state index is -1.34. The number of carboxylic acid groups (broad SMARTS) is 1. The molecular weight excluding hydrogens is 270 g/mol. The Morgan fingerprint density at radius 3 is 2.79 bits per heavy atom. The zero-order valence-electron chi connectivity index (χ0n) is 10.4. The van der Waals surface area contributed by atoms with Gasteiger partial charge < -0.3 is 15.2 Å². The number of nitrogens with one attached hydrogen (secondary N) is 1. The number of aliphatic carboxylic acids is 1. The van der Waals surface area contributed by atoms with Crippen molar-refractivity contribution in [1.29, 1.82) is 0 Å². The third-order valence-corrected chi connectivity index (χ3v) is 3.71. The van der Waals surface area contributed by atoms with Gasteiger partial charge in [-0.05, 0) is 24.6 Å². The molecule has 1 unspecified atom stereocenters. The van der Waals surface area contributed by atoms with E-state index in [1.807, 2.05) is 0 Å². The molecule has 6 heteroatoms. The maximum atomic E-state index is 12.2. The van der Waals surface area contributed by atoms with Gasteiger partial charge in [-0.15, -0.1) is 0 Å². The fourth-order valence-electron chi connectivity index (χ4n) is 2.02. The number of halogens is 1. The molecule has 19 heavy (non-hydrogen) atoms. The zero-order valence-corrected chi connectivity index (χ0v) is 11.2. The Kier molecular flexibility index (Phi) is 3.78. The molecule has 1 heterocycles. The highest BCUT2D eigenvalue weighted by molar-refractivity contribution is 6.31. The quantitative estimate of drug-likeness (QED) is 0.884. The van der Waals surface area contributed by atoms with Crippen molar-refractivity contribution in [2.75, 3.05) is 13.2 Å². The number of hydrogen-bond acceptors (Lipinski definition) is 3. The van der Waals surface area contributed by atoms with Crippen LogP contribution in [-0.2, 0) is 9.53 Å². The molecule has 1 fully saturated rings. The SMILES string of the molecule is Cc1c(Cl)cccc1C(=O)NC1(C(=O)O)CCOC1. The number of hydrogen-bond donors (Lipinski definition) is 2. The molecule has 0 spiro atoms. The van der Waals surface area contributed by atoms with Gasteiger partial charge in [-0.3, -0.25) is 4.79 Å². The fraction of sp³-hybridized carbons (Fsp3) is 0.385. The van der Waals surface area contributed by atoms with Crippen LogP contribution in [0.15, 0.2) is 18.2 Å². The average Bonchev–Trinajstić information content (AvgIpc) is 2.82. The van der Waals surface area contributed by atoms with E-state index in [2.05, 4.69) is 5.32 Å². The third-order valence-electron chi connectivity index (χ3n) is 3.30. The standard InChI is InChI=1S/C13H14ClNO4/c1-8-9(3-2-4-10(8)14)11(16)15-13(12(17)18)5-6-19-7-13/h2-4H,5-7H2,1H3,(H,15,16)(H,17,18). The summed E-state index contributed by atoms with van der Waals surface area (Å²) in [6.45, 7) is 2.02. The Balaban J connectivity index is 2.25. The van der Waals surface area contributed by atoms with Gasteiger partial charge in [-0.25, -0.2) is 4.79 Å². The average molecular weight is 284 g/mol. The maximum absolute atomic E-state index is 12.2. The minimum Gasteiger partial charge on any atom is -0.479 e. The lowest BCUT2D eigenvalue weighted by Crippen LogP contribution is -2.55. The summed E-state index contributed by atoms with van der Waals surface area (Å²) >= 11 is 5.95. The normalized spacial score (nSPS) is 22.2. The highest BCUT2D eigenvalue weighted by atomic mass is 35.5. The summed E-state index contributed by atoms with van der Waals surface area (Å²) in [7, 11) is 0. The first-order valence-electron chi connectivity index (χ1n) is 5.85. The summed E-state index contributed by atoms with van der Waals surface area (Å²) in [5.74, 6) is -1.54. The van der Waals surface area contributed by atoms with E-state index in [9.17, 15) is 14.7 Å². The summed E-state index contributed by atoms with van der Waals surface area (Å²) in [6.07, 6.45) is 0.258. The van der Waals surface area contributed by atoms with Crippen molar-refractivity contribution in [1.82, 2.24) is 5.32 Å². The van der Waals surface area contributed by atoms with Crippen LogP contribution in [0, 0.1) is 6.92 Å². The largest absolute Gasteiger partial charge is 0.479 e. The Morgan fingerprint density at radius 2 is 2.21 bits per heavy atom. The zero-order chi connectivity index (χ0) is 14.0. The summed E-state index contributed by atoms with van der Waals surface area (Å²) in [5, 5.41) is 12.3. The van der Waals surface area contributed by atoms with Crippen LogP contribution < -0.4 is 5.32 Å². The lowest BCUT2D eigenvalue weighted by Gasteiger charge is -2.24. The lowest BCUT2D eigenvalue weighted by molar-refractivity contribution is -0.144. The van der Waals surface area contributed by atoms with Gasteiger partial charge in [-0.1, -0.05) is 17.7 Å². The maximum Gasteiger partial charge on any atom is 0.331 e. The van der Waals surface area contributed by atoms with Crippen LogP contribution in [0.3, 0.4) is 0 Å². The molecule has 0 radical (unpaired) electrons. The molecule has 2 N–H and O–H groups in total. The topological polar surface area (TPSA) is 75.6 Å². The molecule has 0 bridgehead atoms. The monoisotopic (exact) mass is 283 g/mol. The van der Waals surface area contributed by atoms with Crippen molar-refractivity contribution in [2.24, 2.45) is 0 Å². The molecule has 102 valence electrons. The number of rotatable bonds is 3. The van der Waals surface area contributed by atoms with Gasteiger partial charge in [0.15, 0.2) is 5.54 Å². The van der Waals surface area contributed by atoms with E-state index in [-0.39, 0.29) is 13.0 Å². The van der Waals surface area contributed by atoms with Gasteiger partial charge in [0.2, 0.25) is 0 Å². The number of benzene rings is 1. The van der Waals surface area contributed by atoms with E-state index in [0.717, 1.165) is 0 Å². The molecule has 5 nitrogen and oxygen atoms in total. The van der Waals surface area contributed by atoms with Crippen LogP contribution in [-0.4, -0.2) is 35.7 Å². The van der Waals surface area contributed by atoms with Gasteiger partial charge in [0.05, 0.1) is 6.61 Å².